The quantitative estimate of drug-likeness (QED) is 0.862. The maximum atomic E-state index is 12.8. The molecule has 4 unspecified atom stereocenters. The van der Waals surface area contributed by atoms with Gasteiger partial charge in [0, 0.05) is 11.3 Å². The lowest BCUT2D eigenvalue weighted by molar-refractivity contribution is -0.131. The SMILES string of the molecule is CC12CCC3(C(Cc4ccc(S(=O)(=O)O)cc4)C3C1=O)C2(C)C. The predicted molar refractivity (Wildman–Crippen MR) is 85.5 cm³/mol. The fourth-order valence-electron chi connectivity index (χ4n) is 5.85. The Balaban J connectivity index is 1.60. The van der Waals surface area contributed by atoms with E-state index >= 15 is 0 Å². The summed E-state index contributed by atoms with van der Waals surface area (Å²) in [5, 5.41) is 0. The highest BCUT2D eigenvalue weighted by Crippen LogP contribution is 2.86. The topological polar surface area (TPSA) is 71.4 Å². The van der Waals surface area contributed by atoms with Crippen LogP contribution in [0.1, 0.15) is 39.2 Å². The second kappa shape index (κ2) is 4.06. The molecule has 0 aliphatic heterocycles. The highest BCUT2D eigenvalue weighted by Gasteiger charge is 2.86. The van der Waals surface area contributed by atoms with Gasteiger partial charge in [-0.2, -0.15) is 8.42 Å². The number of carbonyl (C=O) groups excluding carboxylic acids is 1. The smallest absolute Gasteiger partial charge is 0.294 e. The summed E-state index contributed by atoms with van der Waals surface area (Å²) in [5.74, 6) is 0.989. The minimum atomic E-state index is -4.15. The maximum absolute atomic E-state index is 12.8. The first-order chi connectivity index (χ1) is 10.6. The van der Waals surface area contributed by atoms with Crippen molar-refractivity contribution in [3.8, 4) is 0 Å². The van der Waals surface area contributed by atoms with Crippen LogP contribution in [0.15, 0.2) is 29.2 Å². The van der Waals surface area contributed by atoms with Gasteiger partial charge in [-0.05, 0) is 53.7 Å². The van der Waals surface area contributed by atoms with E-state index in [-0.39, 0.29) is 27.1 Å². The normalized spacial score (nSPS) is 40.3. The van der Waals surface area contributed by atoms with Gasteiger partial charge in [-0.3, -0.25) is 9.35 Å². The number of fused-ring (bicyclic) bond motifs is 1. The average Bonchev–Trinajstić information content (AvgIpc) is 3.03. The summed E-state index contributed by atoms with van der Waals surface area (Å²) in [6.07, 6.45) is 2.93. The van der Waals surface area contributed by atoms with Gasteiger partial charge in [0.2, 0.25) is 0 Å². The van der Waals surface area contributed by atoms with Crippen LogP contribution in [0.2, 0.25) is 0 Å². The van der Waals surface area contributed by atoms with Crippen molar-refractivity contribution in [1.82, 2.24) is 0 Å². The first-order valence-electron chi connectivity index (χ1n) is 8.16. The van der Waals surface area contributed by atoms with E-state index < -0.39 is 10.1 Å². The van der Waals surface area contributed by atoms with Gasteiger partial charge < -0.3 is 0 Å². The second-order valence-electron chi connectivity index (χ2n) is 8.27. The fraction of sp³-hybridized carbons (Fsp3) is 0.611. The summed E-state index contributed by atoms with van der Waals surface area (Å²) < 4.78 is 31.3. The molecule has 3 aliphatic rings. The van der Waals surface area contributed by atoms with Gasteiger partial charge in [-0.1, -0.05) is 32.9 Å². The lowest BCUT2D eigenvalue weighted by Crippen LogP contribution is -2.37. The van der Waals surface area contributed by atoms with Crippen LogP contribution in [0, 0.1) is 28.1 Å². The molecule has 5 heteroatoms. The third kappa shape index (κ3) is 1.60. The highest BCUT2D eigenvalue weighted by atomic mass is 32.2. The molecule has 0 aromatic heterocycles. The molecule has 1 N–H and O–H groups in total. The largest absolute Gasteiger partial charge is 0.299 e. The van der Waals surface area contributed by atoms with Crippen molar-refractivity contribution in [2.45, 2.75) is 44.9 Å². The van der Waals surface area contributed by atoms with E-state index in [0.717, 1.165) is 24.8 Å². The fourth-order valence-corrected chi connectivity index (χ4v) is 6.33. The predicted octanol–water partition coefficient (Wildman–Crippen LogP) is 3.12. The molecule has 1 aromatic carbocycles. The zero-order chi connectivity index (χ0) is 16.8. The zero-order valence-corrected chi connectivity index (χ0v) is 14.5. The van der Waals surface area contributed by atoms with E-state index in [1.165, 1.54) is 12.1 Å². The first kappa shape index (κ1) is 15.3. The molecule has 3 fully saturated rings. The van der Waals surface area contributed by atoms with Crippen molar-refractivity contribution in [3.63, 3.8) is 0 Å². The molecule has 0 amide bonds. The van der Waals surface area contributed by atoms with Crippen molar-refractivity contribution in [2.24, 2.45) is 28.1 Å². The molecule has 3 aliphatic carbocycles. The number of hydrogen-bond acceptors (Lipinski definition) is 3. The lowest BCUT2D eigenvalue weighted by Gasteiger charge is -2.37. The van der Waals surface area contributed by atoms with Crippen LogP contribution < -0.4 is 0 Å². The summed E-state index contributed by atoms with van der Waals surface area (Å²) in [5.41, 5.74) is 1.05. The molecule has 4 rings (SSSR count). The van der Waals surface area contributed by atoms with Crippen LogP contribution in [-0.4, -0.2) is 18.8 Å². The molecule has 1 spiro atoms. The van der Waals surface area contributed by atoms with Crippen LogP contribution >= 0.6 is 0 Å². The van der Waals surface area contributed by atoms with Gasteiger partial charge in [0.05, 0.1) is 4.90 Å². The van der Waals surface area contributed by atoms with Crippen molar-refractivity contribution in [1.29, 1.82) is 0 Å². The number of Topliss-reactive ketones (excluding diaryl/α,β-unsaturated/α-hetero) is 1. The van der Waals surface area contributed by atoms with Crippen LogP contribution in [0.4, 0.5) is 0 Å². The highest BCUT2D eigenvalue weighted by molar-refractivity contribution is 7.85. The Labute approximate surface area is 137 Å². The summed E-state index contributed by atoms with van der Waals surface area (Å²) >= 11 is 0. The maximum Gasteiger partial charge on any atom is 0.294 e. The Morgan fingerprint density at radius 3 is 2.22 bits per heavy atom. The molecular weight excluding hydrogens is 312 g/mol. The molecule has 1 aromatic rings. The van der Waals surface area contributed by atoms with Gasteiger partial charge in [0.15, 0.2) is 0 Å². The van der Waals surface area contributed by atoms with Crippen molar-refractivity contribution in [2.75, 3.05) is 0 Å². The number of benzene rings is 1. The van der Waals surface area contributed by atoms with Gasteiger partial charge in [-0.25, -0.2) is 0 Å². The van der Waals surface area contributed by atoms with Crippen molar-refractivity contribution < 1.29 is 17.8 Å². The summed E-state index contributed by atoms with van der Waals surface area (Å²) in [7, 11) is -4.15. The molecule has 4 nitrogen and oxygen atoms in total. The lowest BCUT2D eigenvalue weighted by atomic mass is 9.65. The third-order valence-electron chi connectivity index (χ3n) is 7.59. The minimum absolute atomic E-state index is 0.0425. The molecule has 0 heterocycles. The molecule has 4 atom stereocenters. The summed E-state index contributed by atoms with van der Waals surface area (Å²) in [4.78, 5) is 12.7. The molecule has 0 saturated heterocycles. The average molecular weight is 334 g/mol. The van der Waals surface area contributed by atoms with Gasteiger partial charge in [0.25, 0.3) is 10.1 Å². The van der Waals surface area contributed by atoms with E-state index in [1.54, 1.807) is 12.1 Å². The molecule has 3 saturated carbocycles. The van der Waals surface area contributed by atoms with Gasteiger partial charge in [-0.15, -0.1) is 0 Å². The summed E-state index contributed by atoms with van der Waals surface area (Å²) in [6.45, 7) is 6.63. The Morgan fingerprint density at radius 2 is 1.74 bits per heavy atom. The Kier molecular flexibility index (Phi) is 2.71. The van der Waals surface area contributed by atoms with E-state index in [1.807, 2.05) is 0 Å². The molecular formula is C18H22O4S. The minimum Gasteiger partial charge on any atom is -0.299 e. The zero-order valence-electron chi connectivity index (χ0n) is 13.7. The number of rotatable bonds is 3. The first-order valence-corrected chi connectivity index (χ1v) is 9.60. The van der Waals surface area contributed by atoms with Gasteiger partial charge in [0.1, 0.15) is 5.78 Å². The van der Waals surface area contributed by atoms with E-state index in [4.69, 9.17) is 4.55 Å². The van der Waals surface area contributed by atoms with E-state index in [2.05, 4.69) is 20.8 Å². The standard InChI is InChI=1S/C18H22O4S/c1-16(2)17(3)8-9-18(16)13(14(18)15(17)19)10-11-4-6-12(7-5-11)23(20,21)22/h4-7,13-14H,8-10H2,1-3H3,(H,20,21,22). The number of hydrogen-bond donors (Lipinski definition) is 1. The van der Waals surface area contributed by atoms with Crippen LogP contribution in [-0.2, 0) is 21.3 Å². The Morgan fingerprint density at radius 1 is 1.13 bits per heavy atom. The second-order valence-corrected chi connectivity index (χ2v) is 9.69. The molecule has 2 bridgehead atoms. The monoisotopic (exact) mass is 334 g/mol. The third-order valence-corrected chi connectivity index (χ3v) is 8.46. The van der Waals surface area contributed by atoms with Crippen LogP contribution in [0.5, 0.6) is 0 Å². The van der Waals surface area contributed by atoms with E-state index in [9.17, 15) is 13.2 Å². The Bertz CT molecular complexity index is 808. The molecule has 124 valence electrons. The van der Waals surface area contributed by atoms with Crippen LogP contribution in [0.25, 0.3) is 0 Å². The van der Waals surface area contributed by atoms with Crippen LogP contribution in [0.3, 0.4) is 0 Å². The molecule has 23 heavy (non-hydrogen) atoms. The van der Waals surface area contributed by atoms with Gasteiger partial charge >= 0.3 is 0 Å². The van der Waals surface area contributed by atoms with E-state index in [0.29, 0.717) is 11.7 Å². The Hall–Kier alpha value is -1.20. The number of carbonyl (C=O) groups is 1. The van der Waals surface area contributed by atoms with Crippen molar-refractivity contribution in [3.05, 3.63) is 29.8 Å². The summed E-state index contributed by atoms with van der Waals surface area (Å²) in [6, 6.07) is 6.37. The number of ketones is 1. The molecule has 0 radical (unpaired) electrons. The van der Waals surface area contributed by atoms with Crippen molar-refractivity contribution >= 4 is 15.9 Å².